The Balaban J connectivity index is 1.55. The maximum atomic E-state index is 13.1. The number of rotatable bonds is 4. The highest BCUT2D eigenvalue weighted by Gasteiger charge is 2.48. The number of amides is 2. The molecule has 4 rings (SSSR count). The Labute approximate surface area is 199 Å². The van der Waals surface area contributed by atoms with E-state index in [0.29, 0.717) is 35.2 Å². The van der Waals surface area contributed by atoms with Gasteiger partial charge in [0.1, 0.15) is 0 Å². The summed E-state index contributed by atoms with van der Waals surface area (Å²) in [6, 6.07) is 16.7. The summed E-state index contributed by atoms with van der Waals surface area (Å²) in [7, 11) is 1.25. The SMILES string of the molecule is C#[N+][C@@]1(NC(=O)OC)Cc2ccc(NC(=O)c3ccccc3-c3ccc(C(F)(F)F)cc3)cc2C1. The van der Waals surface area contributed by atoms with E-state index in [4.69, 9.17) is 6.57 Å². The highest BCUT2D eigenvalue weighted by atomic mass is 19.4. The zero-order chi connectivity index (χ0) is 25.2. The molecule has 1 atom stereocenters. The molecule has 1 aliphatic rings. The van der Waals surface area contributed by atoms with E-state index in [1.807, 2.05) is 6.07 Å². The van der Waals surface area contributed by atoms with Crippen molar-refractivity contribution in [3.8, 4) is 17.7 Å². The second kappa shape index (κ2) is 9.14. The molecule has 6 nitrogen and oxygen atoms in total. The number of hydrogen-bond acceptors (Lipinski definition) is 3. The van der Waals surface area contributed by atoms with Crippen LogP contribution in [0.2, 0.25) is 0 Å². The van der Waals surface area contributed by atoms with Gasteiger partial charge in [-0.05, 0) is 52.6 Å². The van der Waals surface area contributed by atoms with Crippen molar-refractivity contribution in [2.45, 2.75) is 24.7 Å². The number of nitrogens with one attached hydrogen (secondary N) is 2. The van der Waals surface area contributed by atoms with Crippen LogP contribution in [0, 0.1) is 6.57 Å². The van der Waals surface area contributed by atoms with Crippen LogP contribution in [-0.4, -0.2) is 24.8 Å². The summed E-state index contributed by atoms with van der Waals surface area (Å²) < 4.78 is 43.4. The first kappa shape index (κ1) is 23.8. The van der Waals surface area contributed by atoms with Gasteiger partial charge < -0.3 is 10.1 Å². The summed E-state index contributed by atoms with van der Waals surface area (Å²) in [6.07, 6.45) is -4.40. The molecule has 178 valence electrons. The van der Waals surface area contributed by atoms with Gasteiger partial charge in [-0.15, -0.1) is 0 Å². The number of ether oxygens (including phenoxy) is 1. The predicted molar refractivity (Wildman–Crippen MR) is 125 cm³/mol. The molecule has 3 aromatic carbocycles. The van der Waals surface area contributed by atoms with Crippen molar-refractivity contribution in [3.63, 3.8) is 0 Å². The molecule has 2 N–H and O–H groups in total. The second-order valence-electron chi connectivity index (χ2n) is 8.19. The summed E-state index contributed by atoms with van der Waals surface area (Å²) in [6.45, 7) is 5.57. The molecule has 0 heterocycles. The number of halogens is 3. The van der Waals surface area contributed by atoms with Crippen LogP contribution in [0.25, 0.3) is 16.0 Å². The number of alkyl halides is 3. The number of methoxy groups -OCH3 is 1. The van der Waals surface area contributed by atoms with Crippen LogP contribution in [0.3, 0.4) is 0 Å². The van der Waals surface area contributed by atoms with Gasteiger partial charge in [0, 0.05) is 11.3 Å². The van der Waals surface area contributed by atoms with Gasteiger partial charge in [-0.3, -0.25) is 4.79 Å². The fourth-order valence-corrected chi connectivity index (χ4v) is 4.16. The van der Waals surface area contributed by atoms with Crippen LogP contribution in [0.1, 0.15) is 27.0 Å². The molecule has 0 saturated heterocycles. The van der Waals surface area contributed by atoms with Gasteiger partial charge in [0.15, 0.2) is 0 Å². The van der Waals surface area contributed by atoms with Gasteiger partial charge in [-0.25, -0.2) is 10.1 Å². The Morgan fingerprint density at radius 2 is 1.69 bits per heavy atom. The van der Waals surface area contributed by atoms with E-state index in [0.717, 1.165) is 23.3 Å². The zero-order valence-electron chi connectivity index (χ0n) is 18.6. The smallest absolute Gasteiger partial charge is 0.416 e. The minimum absolute atomic E-state index is 0.312. The van der Waals surface area contributed by atoms with Crippen molar-refractivity contribution in [2.24, 2.45) is 0 Å². The lowest BCUT2D eigenvalue weighted by Crippen LogP contribution is -2.46. The molecule has 0 spiro atoms. The van der Waals surface area contributed by atoms with E-state index < -0.39 is 29.4 Å². The number of alkyl carbamates (subject to hydrolysis) is 1. The Morgan fingerprint density at radius 3 is 2.34 bits per heavy atom. The molecule has 0 saturated carbocycles. The minimum atomic E-state index is -4.44. The molecule has 1 aliphatic carbocycles. The van der Waals surface area contributed by atoms with Crippen molar-refractivity contribution in [1.29, 1.82) is 0 Å². The average molecular weight is 480 g/mol. The molecule has 0 radical (unpaired) electrons. The van der Waals surface area contributed by atoms with Gasteiger partial charge in [0.2, 0.25) is 0 Å². The zero-order valence-corrected chi connectivity index (χ0v) is 18.6. The van der Waals surface area contributed by atoms with Crippen LogP contribution < -0.4 is 10.6 Å². The first-order chi connectivity index (χ1) is 16.6. The average Bonchev–Trinajstić information content (AvgIpc) is 3.21. The molecule has 0 unspecified atom stereocenters. The molecule has 9 heteroatoms. The van der Waals surface area contributed by atoms with Crippen molar-refractivity contribution < 1.29 is 27.5 Å². The normalized spacial score (nSPS) is 16.7. The summed E-state index contributed by atoms with van der Waals surface area (Å²) >= 11 is 0. The molecule has 0 aromatic heterocycles. The molecule has 0 fully saturated rings. The topological polar surface area (TPSA) is 71.8 Å². The van der Waals surface area contributed by atoms with E-state index in [2.05, 4.69) is 20.2 Å². The van der Waals surface area contributed by atoms with Crippen molar-refractivity contribution in [3.05, 3.63) is 93.8 Å². The summed E-state index contributed by atoms with van der Waals surface area (Å²) in [5.41, 5.74) is 1.79. The lowest BCUT2D eigenvalue weighted by Gasteiger charge is -2.12. The molecular formula is C26H21F3N3O3+. The second-order valence-corrected chi connectivity index (χ2v) is 8.19. The highest BCUT2D eigenvalue weighted by molar-refractivity contribution is 6.08. The van der Waals surface area contributed by atoms with E-state index in [1.165, 1.54) is 19.2 Å². The standard InChI is InChI=1S/C26H20F3N3O3/c1-30-25(32-24(34)35-2)14-17-9-12-20(13-18(17)15-25)31-23(33)22-6-4-3-5-21(22)16-7-10-19(11-8-16)26(27,28)29/h1,3-13H,14-15H2,2H3,(H-,31,32,33,34)/p+1/t25-/m1/s1. The minimum Gasteiger partial charge on any atom is -0.453 e. The monoisotopic (exact) mass is 480 g/mol. The van der Waals surface area contributed by atoms with Gasteiger partial charge in [-0.2, -0.15) is 13.2 Å². The van der Waals surface area contributed by atoms with Crippen LogP contribution >= 0.6 is 0 Å². The van der Waals surface area contributed by atoms with Gasteiger partial charge in [-0.1, -0.05) is 41.2 Å². The molecule has 0 bridgehead atoms. The fourth-order valence-electron chi connectivity index (χ4n) is 4.16. The van der Waals surface area contributed by atoms with Gasteiger partial charge in [0.25, 0.3) is 12.5 Å². The van der Waals surface area contributed by atoms with Crippen LogP contribution in [-0.2, 0) is 23.8 Å². The van der Waals surface area contributed by atoms with Crippen molar-refractivity contribution in [1.82, 2.24) is 5.32 Å². The largest absolute Gasteiger partial charge is 0.453 e. The molecule has 0 aliphatic heterocycles. The molecule has 3 aromatic rings. The third-order valence-electron chi connectivity index (χ3n) is 5.89. The number of benzene rings is 3. The fraction of sp³-hybridized carbons (Fsp3) is 0.192. The molecular weight excluding hydrogens is 459 g/mol. The number of carbonyl (C=O) groups excluding carboxylic acids is 2. The Bertz CT molecular complexity index is 1330. The van der Waals surface area contributed by atoms with Crippen LogP contribution in [0.5, 0.6) is 0 Å². The van der Waals surface area contributed by atoms with Crippen LogP contribution in [0.15, 0.2) is 66.7 Å². The number of carbonyl (C=O) groups is 2. The van der Waals surface area contributed by atoms with Gasteiger partial charge >= 0.3 is 17.9 Å². The number of nitrogens with zero attached hydrogens (tertiary/aromatic N) is 1. The van der Waals surface area contributed by atoms with E-state index >= 15 is 0 Å². The molecule has 2 amide bonds. The first-order valence-corrected chi connectivity index (χ1v) is 10.6. The van der Waals surface area contributed by atoms with E-state index in [9.17, 15) is 22.8 Å². The third-order valence-corrected chi connectivity index (χ3v) is 5.89. The maximum Gasteiger partial charge on any atom is 0.416 e. The maximum absolute atomic E-state index is 13.1. The lowest BCUT2D eigenvalue weighted by atomic mass is 9.98. The quantitative estimate of drug-likeness (QED) is 0.500. The number of hydrogen-bond donors (Lipinski definition) is 2. The predicted octanol–water partition coefficient (Wildman–Crippen LogP) is 5.74. The highest BCUT2D eigenvalue weighted by Crippen LogP contribution is 2.34. The first-order valence-electron chi connectivity index (χ1n) is 10.6. The Kier molecular flexibility index (Phi) is 6.22. The lowest BCUT2D eigenvalue weighted by molar-refractivity contribution is -0.137. The Hall–Kier alpha value is -4.32. The van der Waals surface area contributed by atoms with Crippen LogP contribution in [0.4, 0.5) is 23.7 Å². The summed E-state index contributed by atoms with van der Waals surface area (Å²) in [5, 5.41) is 5.49. The van der Waals surface area contributed by atoms with Crippen molar-refractivity contribution >= 4 is 17.7 Å². The van der Waals surface area contributed by atoms with E-state index in [-0.39, 0.29) is 0 Å². The van der Waals surface area contributed by atoms with E-state index in [1.54, 1.807) is 36.4 Å². The summed E-state index contributed by atoms with van der Waals surface area (Å²) in [5.74, 6) is -0.416. The molecule has 35 heavy (non-hydrogen) atoms. The summed E-state index contributed by atoms with van der Waals surface area (Å²) in [4.78, 5) is 28.7. The van der Waals surface area contributed by atoms with Crippen molar-refractivity contribution in [2.75, 3.05) is 12.4 Å². The Morgan fingerprint density at radius 1 is 1.00 bits per heavy atom. The van der Waals surface area contributed by atoms with Gasteiger partial charge in [0.05, 0.1) is 25.5 Å². The third kappa shape index (κ3) is 4.96. The number of fused-ring (bicyclic) bond motifs is 1. The number of anilines is 1.